The number of fused-ring (bicyclic) bond motifs is 1. The van der Waals surface area contributed by atoms with E-state index in [4.69, 9.17) is 0 Å². The topological polar surface area (TPSA) is 105 Å². The van der Waals surface area contributed by atoms with E-state index in [1.807, 2.05) is 41.8 Å². The summed E-state index contributed by atoms with van der Waals surface area (Å²) in [5, 5.41) is 8.30. The molecule has 0 unspecified atom stereocenters. The number of carbonyl (C=O) groups is 3. The van der Waals surface area contributed by atoms with Gasteiger partial charge in [-0.2, -0.15) is 0 Å². The third kappa shape index (κ3) is 4.45. The number of rotatable bonds is 5. The quantitative estimate of drug-likeness (QED) is 0.396. The average Bonchev–Trinajstić information content (AvgIpc) is 3.29. The number of carbonyl (C=O) groups excluding carboxylic acids is 3. The van der Waals surface area contributed by atoms with Crippen molar-refractivity contribution in [1.29, 1.82) is 0 Å². The van der Waals surface area contributed by atoms with Gasteiger partial charge < -0.3 is 20.4 Å². The van der Waals surface area contributed by atoms with Gasteiger partial charge in [0.1, 0.15) is 0 Å². The van der Waals surface area contributed by atoms with Crippen LogP contribution in [0.2, 0.25) is 0 Å². The number of hydrogen-bond acceptors (Lipinski definition) is 4. The number of hydrogen-bond donors (Lipinski definition) is 3. The number of imidazole rings is 1. The first-order valence-corrected chi connectivity index (χ1v) is 10.3. The Balaban J connectivity index is 1.67. The summed E-state index contributed by atoms with van der Waals surface area (Å²) in [7, 11) is 1.55. The largest absolute Gasteiger partial charge is 0.341 e. The molecule has 4 aromatic rings. The van der Waals surface area contributed by atoms with Crippen LogP contribution in [0.5, 0.6) is 0 Å². The molecule has 0 radical (unpaired) electrons. The lowest BCUT2D eigenvalue weighted by Gasteiger charge is -2.15. The lowest BCUT2D eigenvalue weighted by Crippen LogP contribution is -2.24. The third-order valence-corrected chi connectivity index (χ3v) is 5.41. The number of pyridine rings is 1. The standard InChI is InChI=1S/C25H23N5O3/c1-15-20(19-13-22(29-25(33)26-3)23-27-11-12-30(23)14-19)5-4-6-21(15)28-24(32)18-9-7-17(8-10-18)16(2)31/h4-14H,1-3H3,(H,28,32)(H2,26,29,33). The van der Waals surface area contributed by atoms with Crippen molar-refractivity contribution < 1.29 is 14.4 Å². The van der Waals surface area contributed by atoms with E-state index in [9.17, 15) is 14.4 Å². The van der Waals surface area contributed by atoms with Crippen LogP contribution < -0.4 is 16.0 Å². The first-order chi connectivity index (χ1) is 15.9. The first-order valence-electron chi connectivity index (χ1n) is 10.3. The molecule has 0 bridgehead atoms. The summed E-state index contributed by atoms with van der Waals surface area (Å²) < 4.78 is 1.84. The Morgan fingerprint density at radius 1 is 0.939 bits per heavy atom. The number of aromatic nitrogens is 2. The molecule has 0 saturated heterocycles. The van der Waals surface area contributed by atoms with Crippen molar-refractivity contribution in [2.45, 2.75) is 13.8 Å². The van der Waals surface area contributed by atoms with Crippen molar-refractivity contribution in [3.8, 4) is 11.1 Å². The predicted molar refractivity (Wildman–Crippen MR) is 128 cm³/mol. The molecule has 8 heteroatoms. The van der Waals surface area contributed by atoms with Crippen LogP contribution in [0.25, 0.3) is 16.8 Å². The second kappa shape index (κ2) is 8.96. The SMILES string of the molecule is CNC(=O)Nc1cc(-c2cccc(NC(=O)c3ccc(C(C)=O)cc3)c2C)cn2ccnc12. The predicted octanol–water partition coefficient (Wildman–Crippen LogP) is 4.52. The van der Waals surface area contributed by atoms with Gasteiger partial charge in [-0.25, -0.2) is 9.78 Å². The van der Waals surface area contributed by atoms with Gasteiger partial charge in [0.15, 0.2) is 11.4 Å². The van der Waals surface area contributed by atoms with E-state index in [0.717, 1.165) is 16.7 Å². The molecule has 0 fully saturated rings. The second-order valence-corrected chi connectivity index (χ2v) is 7.57. The Bertz CT molecular complexity index is 1370. The summed E-state index contributed by atoms with van der Waals surface area (Å²) in [6, 6.07) is 13.7. The number of benzene rings is 2. The van der Waals surface area contributed by atoms with Crippen LogP contribution in [0.3, 0.4) is 0 Å². The van der Waals surface area contributed by atoms with Gasteiger partial charge in [0.2, 0.25) is 0 Å². The molecule has 0 aliphatic carbocycles. The van der Waals surface area contributed by atoms with Gasteiger partial charge in [0.05, 0.1) is 5.69 Å². The average molecular weight is 441 g/mol. The Labute approximate surface area is 190 Å². The fraction of sp³-hybridized carbons (Fsp3) is 0.120. The normalized spacial score (nSPS) is 10.6. The molecule has 166 valence electrons. The van der Waals surface area contributed by atoms with Crippen LogP contribution >= 0.6 is 0 Å². The highest BCUT2D eigenvalue weighted by molar-refractivity contribution is 6.06. The molecule has 0 aliphatic rings. The Morgan fingerprint density at radius 3 is 2.36 bits per heavy atom. The fourth-order valence-corrected chi connectivity index (χ4v) is 3.59. The summed E-state index contributed by atoms with van der Waals surface area (Å²) in [5.41, 5.74) is 5.50. The van der Waals surface area contributed by atoms with Gasteiger partial charge in [-0.15, -0.1) is 0 Å². The lowest BCUT2D eigenvalue weighted by atomic mass is 9.99. The maximum atomic E-state index is 12.8. The minimum atomic E-state index is -0.342. The highest BCUT2D eigenvalue weighted by Gasteiger charge is 2.14. The van der Waals surface area contributed by atoms with Gasteiger partial charge in [-0.3, -0.25) is 9.59 Å². The highest BCUT2D eigenvalue weighted by atomic mass is 16.2. The van der Waals surface area contributed by atoms with Crippen LogP contribution in [0.1, 0.15) is 33.2 Å². The van der Waals surface area contributed by atoms with Gasteiger partial charge in [-0.1, -0.05) is 24.3 Å². The van der Waals surface area contributed by atoms with Crippen LogP contribution in [-0.4, -0.2) is 34.2 Å². The molecular formula is C25H23N5O3. The molecule has 2 aromatic carbocycles. The zero-order chi connectivity index (χ0) is 23.5. The molecular weight excluding hydrogens is 418 g/mol. The minimum absolute atomic E-state index is 0.0503. The Kier molecular flexibility index (Phi) is 5.91. The summed E-state index contributed by atoms with van der Waals surface area (Å²) in [6.45, 7) is 3.41. The van der Waals surface area contributed by atoms with Crippen molar-refractivity contribution in [3.63, 3.8) is 0 Å². The molecule has 3 N–H and O–H groups in total. The first kappa shape index (κ1) is 21.8. The van der Waals surface area contributed by atoms with Crippen molar-refractivity contribution in [3.05, 3.63) is 83.8 Å². The van der Waals surface area contributed by atoms with Crippen LogP contribution in [0.4, 0.5) is 16.2 Å². The summed E-state index contributed by atoms with van der Waals surface area (Å²) >= 11 is 0. The fourth-order valence-electron chi connectivity index (χ4n) is 3.59. The molecule has 3 amide bonds. The maximum absolute atomic E-state index is 12.8. The van der Waals surface area contributed by atoms with E-state index >= 15 is 0 Å². The number of urea groups is 1. The number of nitrogens with one attached hydrogen (secondary N) is 3. The van der Waals surface area contributed by atoms with Gasteiger partial charge in [-0.05, 0) is 49.2 Å². The monoisotopic (exact) mass is 441 g/mol. The van der Waals surface area contributed by atoms with Gasteiger partial charge in [0.25, 0.3) is 5.91 Å². The summed E-state index contributed by atoms with van der Waals surface area (Å²) in [4.78, 5) is 40.5. The lowest BCUT2D eigenvalue weighted by molar-refractivity contribution is 0.100. The molecule has 0 atom stereocenters. The van der Waals surface area contributed by atoms with E-state index in [2.05, 4.69) is 20.9 Å². The van der Waals surface area contributed by atoms with Crippen molar-refractivity contribution in [1.82, 2.24) is 14.7 Å². The number of ketones is 1. The molecule has 33 heavy (non-hydrogen) atoms. The zero-order valence-corrected chi connectivity index (χ0v) is 18.5. The van der Waals surface area contributed by atoms with Crippen molar-refractivity contribution in [2.75, 3.05) is 17.7 Å². The molecule has 2 aromatic heterocycles. The molecule has 0 aliphatic heterocycles. The molecule has 0 spiro atoms. The van der Waals surface area contributed by atoms with E-state index in [0.29, 0.717) is 28.1 Å². The van der Waals surface area contributed by atoms with Crippen LogP contribution in [0, 0.1) is 6.92 Å². The number of nitrogens with zero attached hydrogens (tertiary/aromatic N) is 2. The number of Topliss-reactive ketones (excluding diaryl/α,β-unsaturated/α-hetero) is 1. The highest BCUT2D eigenvalue weighted by Crippen LogP contribution is 2.31. The maximum Gasteiger partial charge on any atom is 0.319 e. The molecule has 8 nitrogen and oxygen atoms in total. The van der Waals surface area contributed by atoms with E-state index in [1.165, 1.54) is 6.92 Å². The van der Waals surface area contributed by atoms with Gasteiger partial charge >= 0.3 is 6.03 Å². The third-order valence-electron chi connectivity index (χ3n) is 5.41. The smallest absolute Gasteiger partial charge is 0.319 e. The van der Waals surface area contributed by atoms with Crippen LogP contribution in [0.15, 0.2) is 67.1 Å². The molecule has 2 heterocycles. The van der Waals surface area contributed by atoms with Crippen LogP contribution in [-0.2, 0) is 0 Å². The molecule has 0 saturated carbocycles. The number of anilines is 2. The van der Waals surface area contributed by atoms with E-state index in [1.54, 1.807) is 43.7 Å². The van der Waals surface area contributed by atoms with Crippen molar-refractivity contribution in [2.24, 2.45) is 0 Å². The van der Waals surface area contributed by atoms with E-state index < -0.39 is 0 Å². The number of amides is 3. The summed E-state index contributed by atoms with van der Waals surface area (Å²) in [5.74, 6) is -0.317. The van der Waals surface area contributed by atoms with E-state index in [-0.39, 0.29) is 17.7 Å². The molecule has 4 rings (SSSR count). The zero-order valence-electron chi connectivity index (χ0n) is 18.5. The Hall–Kier alpha value is -4.46. The summed E-state index contributed by atoms with van der Waals surface area (Å²) in [6.07, 6.45) is 5.39. The second-order valence-electron chi connectivity index (χ2n) is 7.57. The van der Waals surface area contributed by atoms with Gasteiger partial charge in [0, 0.05) is 48.0 Å². The van der Waals surface area contributed by atoms with Crippen molar-refractivity contribution >= 4 is 34.7 Å². The minimum Gasteiger partial charge on any atom is -0.341 e. The Morgan fingerprint density at radius 2 is 1.67 bits per heavy atom.